The number of aryl methyl sites for hydroxylation is 1. The molecule has 0 amide bonds. The Morgan fingerprint density at radius 1 is 1.23 bits per heavy atom. The van der Waals surface area contributed by atoms with Gasteiger partial charge in [-0.25, -0.2) is 0 Å². The Labute approximate surface area is 169 Å². The van der Waals surface area contributed by atoms with E-state index in [0.29, 0.717) is 15.2 Å². The fraction of sp³-hybridized carbons (Fsp3) is 0.444. The maximum absolute atomic E-state index is 6.21. The van der Waals surface area contributed by atoms with E-state index < -0.39 is 0 Å². The Morgan fingerprint density at radius 2 is 1.96 bits per heavy atom. The summed E-state index contributed by atoms with van der Waals surface area (Å²) < 4.78 is 2.04. The van der Waals surface area contributed by atoms with Crippen LogP contribution in [0.1, 0.15) is 18.2 Å². The molecular formula is C18H23Cl2N5S. The molecule has 1 aliphatic heterocycles. The lowest BCUT2D eigenvalue weighted by Gasteiger charge is -2.36. The number of rotatable bonds is 4. The van der Waals surface area contributed by atoms with Gasteiger partial charge in [0.2, 0.25) is 0 Å². The third-order valence-corrected chi connectivity index (χ3v) is 5.65. The van der Waals surface area contributed by atoms with Gasteiger partial charge in [0.15, 0.2) is 5.11 Å². The number of nitrogens with zero attached hydrogens (tertiary/aromatic N) is 4. The van der Waals surface area contributed by atoms with Crippen LogP contribution in [0, 0.1) is 6.92 Å². The van der Waals surface area contributed by atoms with Crippen molar-refractivity contribution >= 4 is 46.2 Å². The van der Waals surface area contributed by atoms with E-state index in [1.54, 1.807) is 18.2 Å². The van der Waals surface area contributed by atoms with Crippen LogP contribution in [0.5, 0.6) is 0 Å². The van der Waals surface area contributed by atoms with Gasteiger partial charge in [0.25, 0.3) is 0 Å². The molecule has 1 saturated heterocycles. The van der Waals surface area contributed by atoms with E-state index >= 15 is 0 Å². The van der Waals surface area contributed by atoms with Crippen molar-refractivity contribution in [2.75, 3.05) is 31.5 Å². The van der Waals surface area contributed by atoms with Crippen LogP contribution < -0.4 is 5.32 Å². The van der Waals surface area contributed by atoms with Gasteiger partial charge in [-0.1, -0.05) is 23.2 Å². The first-order chi connectivity index (χ1) is 12.5. The summed E-state index contributed by atoms with van der Waals surface area (Å²) in [6.07, 6.45) is 1.98. The molecule has 0 spiro atoms. The van der Waals surface area contributed by atoms with Crippen LogP contribution in [-0.2, 0) is 13.1 Å². The summed E-state index contributed by atoms with van der Waals surface area (Å²) in [4.78, 5) is 4.61. The van der Waals surface area contributed by atoms with Crippen molar-refractivity contribution in [3.8, 4) is 0 Å². The van der Waals surface area contributed by atoms with Crippen molar-refractivity contribution in [3.05, 3.63) is 45.7 Å². The Bertz CT molecular complexity index is 784. The molecular weight excluding hydrogens is 389 g/mol. The lowest BCUT2D eigenvalue weighted by Crippen LogP contribution is -2.49. The lowest BCUT2D eigenvalue weighted by molar-refractivity contribution is 0.176. The van der Waals surface area contributed by atoms with Crippen LogP contribution in [0.25, 0.3) is 0 Å². The van der Waals surface area contributed by atoms with E-state index in [4.69, 9.17) is 35.4 Å². The number of hydrogen-bond donors (Lipinski definition) is 1. The molecule has 1 aromatic carbocycles. The molecule has 0 bridgehead atoms. The van der Waals surface area contributed by atoms with Crippen molar-refractivity contribution in [1.82, 2.24) is 19.6 Å². The van der Waals surface area contributed by atoms with Gasteiger partial charge in [-0.05, 0) is 44.3 Å². The molecule has 5 nitrogen and oxygen atoms in total. The predicted molar refractivity (Wildman–Crippen MR) is 112 cm³/mol. The minimum Gasteiger partial charge on any atom is -0.346 e. The third-order valence-electron chi connectivity index (χ3n) is 4.73. The van der Waals surface area contributed by atoms with Gasteiger partial charge in [0, 0.05) is 55.5 Å². The molecule has 0 unspecified atom stereocenters. The Kier molecular flexibility index (Phi) is 6.40. The number of benzene rings is 1. The molecule has 1 fully saturated rings. The molecule has 1 aliphatic rings. The standard InChI is InChI=1S/C18H23Cl2N5S/c1-3-25-13(2)14(11-21-25)12-23-6-8-24(9-7-23)18(26)22-17-10-15(19)4-5-16(17)20/h4-5,10-11H,3,6-9,12H2,1-2H3,(H,22,26). The number of piperazine rings is 1. The number of nitrogens with one attached hydrogen (secondary N) is 1. The van der Waals surface area contributed by atoms with E-state index in [1.807, 2.05) is 10.9 Å². The van der Waals surface area contributed by atoms with Gasteiger partial charge >= 0.3 is 0 Å². The van der Waals surface area contributed by atoms with Crippen LogP contribution in [0.3, 0.4) is 0 Å². The van der Waals surface area contributed by atoms with Crippen LogP contribution >= 0.6 is 35.4 Å². The first-order valence-corrected chi connectivity index (χ1v) is 9.89. The molecule has 26 heavy (non-hydrogen) atoms. The molecule has 2 aromatic rings. The van der Waals surface area contributed by atoms with Crippen molar-refractivity contribution in [1.29, 1.82) is 0 Å². The van der Waals surface area contributed by atoms with Crippen LogP contribution in [0.15, 0.2) is 24.4 Å². The zero-order chi connectivity index (χ0) is 18.7. The summed E-state index contributed by atoms with van der Waals surface area (Å²) in [7, 11) is 0. The average Bonchev–Trinajstić information content (AvgIpc) is 2.98. The maximum atomic E-state index is 6.21. The van der Waals surface area contributed by atoms with E-state index in [9.17, 15) is 0 Å². The van der Waals surface area contributed by atoms with Crippen LogP contribution in [-0.4, -0.2) is 50.9 Å². The Balaban J connectivity index is 1.53. The number of hydrogen-bond acceptors (Lipinski definition) is 3. The molecule has 0 radical (unpaired) electrons. The highest BCUT2D eigenvalue weighted by Gasteiger charge is 2.20. The summed E-state index contributed by atoms with van der Waals surface area (Å²) in [5, 5.41) is 9.57. The van der Waals surface area contributed by atoms with Gasteiger partial charge in [0.05, 0.1) is 16.9 Å². The monoisotopic (exact) mass is 411 g/mol. The minimum absolute atomic E-state index is 0.610. The molecule has 0 aliphatic carbocycles. The Morgan fingerprint density at radius 3 is 2.62 bits per heavy atom. The second kappa shape index (κ2) is 8.57. The van der Waals surface area contributed by atoms with Gasteiger partial charge in [-0.2, -0.15) is 5.10 Å². The summed E-state index contributed by atoms with van der Waals surface area (Å²) >= 11 is 17.8. The van der Waals surface area contributed by atoms with E-state index in [1.165, 1.54) is 11.3 Å². The summed E-state index contributed by atoms with van der Waals surface area (Å²) in [6, 6.07) is 5.33. The van der Waals surface area contributed by atoms with Crippen molar-refractivity contribution in [2.24, 2.45) is 0 Å². The van der Waals surface area contributed by atoms with Gasteiger partial charge in [-0.3, -0.25) is 9.58 Å². The summed E-state index contributed by atoms with van der Waals surface area (Å²) in [6.45, 7) is 9.77. The number of halogens is 2. The zero-order valence-electron chi connectivity index (χ0n) is 15.0. The fourth-order valence-electron chi connectivity index (χ4n) is 3.10. The number of thiocarbonyl (C=S) groups is 1. The lowest BCUT2D eigenvalue weighted by atomic mass is 10.2. The number of anilines is 1. The molecule has 8 heteroatoms. The van der Waals surface area contributed by atoms with Crippen LogP contribution in [0.2, 0.25) is 10.0 Å². The first kappa shape index (κ1) is 19.4. The topological polar surface area (TPSA) is 36.3 Å². The SMILES string of the molecule is CCn1ncc(CN2CCN(C(=S)Nc3cc(Cl)ccc3Cl)CC2)c1C. The van der Waals surface area contributed by atoms with Gasteiger partial charge in [0.1, 0.15) is 0 Å². The summed E-state index contributed by atoms with van der Waals surface area (Å²) in [5.41, 5.74) is 3.30. The molecule has 140 valence electrons. The van der Waals surface area contributed by atoms with E-state index in [-0.39, 0.29) is 0 Å². The highest BCUT2D eigenvalue weighted by atomic mass is 35.5. The summed E-state index contributed by atoms with van der Waals surface area (Å²) in [5.74, 6) is 0. The minimum atomic E-state index is 0.610. The second-order valence-corrected chi connectivity index (χ2v) is 7.62. The van der Waals surface area contributed by atoms with Crippen LogP contribution in [0.4, 0.5) is 5.69 Å². The predicted octanol–water partition coefficient (Wildman–Crippen LogP) is 4.03. The average molecular weight is 412 g/mol. The normalized spacial score (nSPS) is 15.3. The fourth-order valence-corrected chi connectivity index (χ4v) is 3.73. The quantitative estimate of drug-likeness (QED) is 0.768. The first-order valence-electron chi connectivity index (χ1n) is 8.72. The molecule has 1 N–H and O–H groups in total. The molecule has 3 rings (SSSR count). The Hall–Kier alpha value is -1.34. The van der Waals surface area contributed by atoms with Gasteiger partial charge < -0.3 is 10.2 Å². The third kappa shape index (κ3) is 4.49. The molecule has 0 saturated carbocycles. The smallest absolute Gasteiger partial charge is 0.173 e. The maximum Gasteiger partial charge on any atom is 0.173 e. The van der Waals surface area contributed by atoms with E-state index in [2.05, 4.69) is 34.1 Å². The van der Waals surface area contributed by atoms with Gasteiger partial charge in [-0.15, -0.1) is 0 Å². The zero-order valence-corrected chi connectivity index (χ0v) is 17.3. The van der Waals surface area contributed by atoms with Crippen molar-refractivity contribution in [3.63, 3.8) is 0 Å². The molecule has 1 aromatic heterocycles. The van der Waals surface area contributed by atoms with E-state index in [0.717, 1.165) is 45.0 Å². The largest absolute Gasteiger partial charge is 0.346 e. The van der Waals surface area contributed by atoms with Crippen molar-refractivity contribution < 1.29 is 0 Å². The van der Waals surface area contributed by atoms with Crippen molar-refractivity contribution in [2.45, 2.75) is 26.9 Å². The highest BCUT2D eigenvalue weighted by Crippen LogP contribution is 2.26. The molecule has 0 atom stereocenters. The second-order valence-electron chi connectivity index (χ2n) is 6.39. The molecule has 2 heterocycles. The highest BCUT2D eigenvalue weighted by molar-refractivity contribution is 7.80. The number of aromatic nitrogens is 2.